The van der Waals surface area contributed by atoms with Crippen LogP contribution in [0.15, 0.2) is 6.20 Å². The molecule has 4 nitrogen and oxygen atoms in total. The van der Waals surface area contributed by atoms with Gasteiger partial charge in [-0.15, -0.1) is 36.2 Å². The summed E-state index contributed by atoms with van der Waals surface area (Å²) in [6.07, 6.45) is 3.69. The van der Waals surface area contributed by atoms with Crippen molar-refractivity contribution >= 4 is 42.1 Å². The van der Waals surface area contributed by atoms with Crippen LogP contribution in [0.25, 0.3) is 0 Å². The van der Waals surface area contributed by atoms with E-state index in [9.17, 15) is 4.79 Å². The molecule has 0 aliphatic heterocycles. The smallest absolute Gasteiger partial charge is 0.237 e. The van der Waals surface area contributed by atoms with Crippen molar-refractivity contribution in [3.63, 3.8) is 0 Å². The summed E-state index contributed by atoms with van der Waals surface area (Å²) in [6, 6.07) is -0.472. The van der Waals surface area contributed by atoms with Gasteiger partial charge in [0.1, 0.15) is 0 Å². The van der Waals surface area contributed by atoms with E-state index >= 15 is 0 Å². The minimum atomic E-state index is -0.472. The molecule has 0 aromatic carbocycles. The minimum absolute atomic E-state index is 0. The van der Waals surface area contributed by atoms with Crippen LogP contribution in [0.4, 0.5) is 0 Å². The van der Waals surface area contributed by atoms with Crippen LogP contribution in [0.5, 0.6) is 0 Å². The number of nitrogens with zero attached hydrogens (tertiary/aromatic N) is 1. The minimum Gasteiger partial charge on any atom is -0.354 e. The number of aromatic nitrogens is 1. The Morgan fingerprint density at radius 1 is 1.45 bits per heavy atom. The SMILES string of the molecule is CCc1cnc(CCNC(=O)[C@@H](N)C(C)(C)C)s1.Cl.Cl. The molecule has 1 amide bonds. The summed E-state index contributed by atoms with van der Waals surface area (Å²) in [7, 11) is 0. The summed E-state index contributed by atoms with van der Waals surface area (Å²) in [4.78, 5) is 17.4. The quantitative estimate of drug-likeness (QED) is 0.864. The zero-order valence-electron chi connectivity index (χ0n) is 12.4. The van der Waals surface area contributed by atoms with Gasteiger partial charge in [-0.05, 0) is 11.8 Å². The van der Waals surface area contributed by atoms with Gasteiger partial charge in [0.25, 0.3) is 0 Å². The Morgan fingerprint density at radius 3 is 2.50 bits per heavy atom. The molecule has 0 unspecified atom stereocenters. The number of rotatable bonds is 5. The maximum Gasteiger partial charge on any atom is 0.237 e. The highest BCUT2D eigenvalue weighted by atomic mass is 35.5. The molecule has 1 aromatic rings. The molecule has 20 heavy (non-hydrogen) atoms. The fourth-order valence-electron chi connectivity index (χ4n) is 1.42. The van der Waals surface area contributed by atoms with Crippen LogP contribution in [0.1, 0.15) is 37.6 Å². The maximum atomic E-state index is 11.8. The van der Waals surface area contributed by atoms with Crippen molar-refractivity contribution in [3.05, 3.63) is 16.1 Å². The lowest BCUT2D eigenvalue weighted by atomic mass is 9.87. The molecule has 0 fully saturated rings. The van der Waals surface area contributed by atoms with Gasteiger partial charge in [-0.25, -0.2) is 4.98 Å². The second-order valence-corrected chi connectivity index (χ2v) is 6.66. The molecule has 0 saturated heterocycles. The molecule has 0 saturated carbocycles. The molecular formula is C13H25Cl2N3OS. The Morgan fingerprint density at radius 2 is 2.05 bits per heavy atom. The van der Waals surface area contributed by atoms with Gasteiger partial charge >= 0.3 is 0 Å². The number of hydrogen-bond acceptors (Lipinski definition) is 4. The molecule has 118 valence electrons. The number of hydrogen-bond donors (Lipinski definition) is 2. The van der Waals surface area contributed by atoms with Crippen LogP contribution < -0.4 is 11.1 Å². The van der Waals surface area contributed by atoms with Crippen LogP contribution in [0.2, 0.25) is 0 Å². The largest absolute Gasteiger partial charge is 0.354 e. The topological polar surface area (TPSA) is 68.0 Å². The summed E-state index contributed by atoms with van der Waals surface area (Å²) in [6.45, 7) is 8.60. The van der Waals surface area contributed by atoms with Crippen molar-refractivity contribution in [1.29, 1.82) is 0 Å². The molecule has 0 radical (unpaired) electrons. The lowest BCUT2D eigenvalue weighted by Crippen LogP contribution is -2.48. The summed E-state index contributed by atoms with van der Waals surface area (Å²) >= 11 is 1.70. The predicted octanol–water partition coefficient (Wildman–Crippen LogP) is 2.58. The van der Waals surface area contributed by atoms with E-state index in [1.165, 1.54) is 4.88 Å². The zero-order chi connectivity index (χ0) is 13.8. The lowest BCUT2D eigenvalue weighted by Gasteiger charge is -2.25. The second-order valence-electron chi connectivity index (χ2n) is 5.46. The van der Waals surface area contributed by atoms with Gasteiger partial charge in [0.2, 0.25) is 5.91 Å². The first kappa shape index (κ1) is 21.9. The van der Waals surface area contributed by atoms with Crippen LogP contribution in [-0.4, -0.2) is 23.5 Å². The summed E-state index contributed by atoms with van der Waals surface area (Å²) < 4.78 is 0. The Kier molecular flexibility index (Phi) is 10.5. The molecule has 7 heteroatoms. The van der Waals surface area contributed by atoms with Crippen LogP contribution >= 0.6 is 36.2 Å². The highest BCUT2D eigenvalue weighted by molar-refractivity contribution is 7.11. The Balaban J connectivity index is 0. The van der Waals surface area contributed by atoms with E-state index in [-0.39, 0.29) is 36.1 Å². The number of halogens is 2. The first-order chi connectivity index (χ1) is 8.34. The summed E-state index contributed by atoms with van der Waals surface area (Å²) in [5.41, 5.74) is 5.67. The molecule has 0 bridgehead atoms. The van der Waals surface area contributed by atoms with Crippen molar-refractivity contribution < 1.29 is 4.79 Å². The normalized spacial score (nSPS) is 12.1. The van der Waals surface area contributed by atoms with Gasteiger partial charge in [0.05, 0.1) is 11.0 Å². The van der Waals surface area contributed by atoms with Gasteiger partial charge < -0.3 is 11.1 Å². The predicted molar refractivity (Wildman–Crippen MR) is 90.1 cm³/mol. The summed E-state index contributed by atoms with van der Waals surface area (Å²) in [5, 5.41) is 3.93. The standard InChI is InChI=1S/C13H23N3OS.2ClH/c1-5-9-8-16-10(18-9)6-7-15-12(17)11(14)13(2,3)4;;/h8,11H,5-7,14H2,1-4H3,(H,15,17);2*1H/t11-;;/m1../s1. The first-order valence-corrected chi connectivity index (χ1v) is 7.13. The Labute approximate surface area is 137 Å². The van der Waals surface area contributed by atoms with E-state index in [0.29, 0.717) is 6.54 Å². The molecule has 1 rings (SSSR count). The van der Waals surface area contributed by atoms with E-state index in [2.05, 4.69) is 17.2 Å². The molecular weight excluding hydrogens is 317 g/mol. The van der Waals surface area contributed by atoms with E-state index < -0.39 is 6.04 Å². The van der Waals surface area contributed by atoms with Gasteiger partial charge in [-0.1, -0.05) is 27.7 Å². The highest BCUT2D eigenvalue weighted by Gasteiger charge is 2.26. The average molecular weight is 342 g/mol. The van der Waals surface area contributed by atoms with E-state index in [1.54, 1.807) is 11.3 Å². The zero-order valence-corrected chi connectivity index (χ0v) is 14.9. The van der Waals surface area contributed by atoms with E-state index in [0.717, 1.165) is 17.8 Å². The number of aryl methyl sites for hydroxylation is 1. The van der Waals surface area contributed by atoms with Gasteiger partial charge in [-0.2, -0.15) is 0 Å². The third-order valence-electron chi connectivity index (χ3n) is 2.80. The maximum absolute atomic E-state index is 11.8. The third-order valence-corrected chi connectivity index (χ3v) is 4.00. The second kappa shape index (κ2) is 9.55. The fourth-order valence-corrected chi connectivity index (χ4v) is 2.28. The molecule has 1 heterocycles. The van der Waals surface area contributed by atoms with Crippen molar-refractivity contribution in [1.82, 2.24) is 10.3 Å². The highest BCUT2D eigenvalue weighted by Crippen LogP contribution is 2.17. The van der Waals surface area contributed by atoms with Crippen molar-refractivity contribution in [2.75, 3.05) is 6.54 Å². The number of amides is 1. The number of nitrogens with one attached hydrogen (secondary N) is 1. The summed E-state index contributed by atoms with van der Waals surface area (Å²) in [5.74, 6) is -0.0882. The van der Waals surface area contributed by atoms with Crippen molar-refractivity contribution in [3.8, 4) is 0 Å². The number of carbonyl (C=O) groups excluding carboxylic acids is 1. The molecule has 0 spiro atoms. The molecule has 3 N–H and O–H groups in total. The van der Waals surface area contributed by atoms with Crippen LogP contribution in [0.3, 0.4) is 0 Å². The molecule has 0 aliphatic carbocycles. The first-order valence-electron chi connectivity index (χ1n) is 6.31. The number of carbonyl (C=O) groups is 1. The molecule has 1 atom stereocenters. The number of nitrogens with two attached hydrogens (primary N) is 1. The lowest BCUT2D eigenvalue weighted by molar-refractivity contribution is -0.124. The molecule has 1 aromatic heterocycles. The fraction of sp³-hybridized carbons (Fsp3) is 0.692. The van der Waals surface area contributed by atoms with E-state index in [1.807, 2.05) is 27.0 Å². The van der Waals surface area contributed by atoms with Gasteiger partial charge in [-0.3, -0.25) is 4.79 Å². The van der Waals surface area contributed by atoms with Crippen molar-refractivity contribution in [2.45, 2.75) is 46.6 Å². The Bertz CT molecular complexity index is 405. The van der Waals surface area contributed by atoms with Crippen LogP contribution in [0, 0.1) is 5.41 Å². The average Bonchev–Trinajstić information content (AvgIpc) is 2.74. The monoisotopic (exact) mass is 341 g/mol. The Hall–Kier alpha value is -0.360. The van der Waals surface area contributed by atoms with Gasteiger partial charge in [0.15, 0.2) is 0 Å². The van der Waals surface area contributed by atoms with Gasteiger partial charge in [0, 0.05) is 24.0 Å². The van der Waals surface area contributed by atoms with Crippen LogP contribution in [-0.2, 0) is 17.6 Å². The van der Waals surface area contributed by atoms with E-state index in [4.69, 9.17) is 5.73 Å². The third kappa shape index (κ3) is 6.88. The number of thiazole rings is 1. The molecule has 0 aliphatic rings. The van der Waals surface area contributed by atoms with Crippen molar-refractivity contribution in [2.24, 2.45) is 11.1 Å².